The molecule has 0 aliphatic heterocycles. The van der Waals surface area contributed by atoms with Crippen molar-refractivity contribution in [2.75, 3.05) is 0 Å². The average Bonchev–Trinajstić information content (AvgIpc) is 2.97. The minimum atomic E-state index is 0.702. The Morgan fingerprint density at radius 3 is 2.89 bits per heavy atom. The van der Waals surface area contributed by atoms with E-state index >= 15 is 0 Å². The molecule has 100 valence electrons. The van der Waals surface area contributed by atoms with E-state index in [1.807, 2.05) is 19.9 Å². The van der Waals surface area contributed by atoms with Crippen molar-refractivity contribution in [2.24, 2.45) is 0 Å². The number of rotatable bonds is 4. The lowest BCUT2D eigenvalue weighted by molar-refractivity contribution is 0.388. The van der Waals surface area contributed by atoms with Gasteiger partial charge in [-0.3, -0.25) is 4.40 Å². The molecule has 0 saturated heterocycles. The third-order valence-electron chi connectivity index (χ3n) is 3.02. The first-order valence-corrected chi connectivity index (χ1v) is 7.02. The molecule has 0 atom stereocenters. The summed E-state index contributed by atoms with van der Waals surface area (Å²) in [7, 11) is 0. The number of aromatic nitrogens is 3. The molecule has 0 saturated carbocycles. The summed E-state index contributed by atoms with van der Waals surface area (Å²) >= 11 is 1.72. The maximum absolute atomic E-state index is 5.04. The molecule has 0 spiro atoms. The number of nitrogens with zero attached hydrogens (tertiary/aromatic N) is 3. The molecule has 0 aliphatic rings. The van der Waals surface area contributed by atoms with E-state index in [1.54, 1.807) is 11.3 Å². The van der Waals surface area contributed by atoms with Gasteiger partial charge >= 0.3 is 0 Å². The molecular weight excluding hydrogens is 260 g/mol. The van der Waals surface area contributed by atoms with Crippen molar-refractivity contribution in [3.05, 3.63) is 40.0 Å². The second-order valence-corrected chi connectivity index (χ2v) is 5.88. The molecule has 0 aromatic carbocycles. The van der Waals surface area contributed by atoms with Crippen molar-refractivity contribution in [1.29, 1.82) is 0 Å². The fraction of sp³-hybridized carbons (Fsp3) is 0.385. The van der Waals surface area contributed by atoms with Gasteiger partial charge in [-0.15, -0.1) is 11.3 Å². The van der Waals surface area contributed by atoms with E-state index in [1.165, 1.54) is 10.6 Å². The molecule has 3 aromatic rings. The zero-order valence-electron chi connectivity index (χ0n) is 11.2. The van der Waals surface area contributed by atoms with Crippen LogP contribution in [0.1, 0.15) is 27.7 Å². The van der Waals surface area contributed by atoms with E-state index in [-0.39, 0.29) is 0 Å². The van der Waals surface area contributed by atoms with Crippen molar-refractivity contribution < 1.29 is 4.52 Å². The van der Waals surface area contributed by atoms with Crippen LogP contribution in [0.5, 0.6) is 0 Å². The smallest absolute Gasteiger partial charge is 0.194 e. The summed E-state index contributed by atoms with van der Waals surface area (Å²) in [5, 5.41) is 7.35. The Bertz CT molecular complexity index is 709. The van der Waals surface area contributed by atoms with Crippen molar-refractivity contribution in [3.63, 3.8) is 0 Å². The maximum Gasteiger partial charge on any atom is 0.194 e. The highest BCUT2D eigenvalue weighted by Crippen LogP contribution is 2.20. The lowest BCUT2D eigenvalue weighted by Crippen LogP contribution is -2.14. The van der Waals surface area contributed by atoms with Crippen LogP contribution in [0.3, 0.4) is 0 Å². The maximum atomic E-state index is 5.04. The molecule has 0 aliphatic carbocycles. The zero-order valence-corrected chi connectivity index (χ0v) is 12.0. The lowest BCUT2D eigenvalue weighted by Gasteiger charge is -2.02. The number of hydrogen-bond donors (Lipinski definition) is 1. The Labute approximate surface area is 115 Å². The molecule has 3 rings (SSSR count). The quantitative estimate of drug-likeness (QED) is 0.796. The van der Waals surface area contributed by atoms with Gasteiger partial charge in [-0.25, -0.2) is 4.98 Å². The molecule has 6 heteroatoms. The Kier molecular flexibility index (Phi) is 3.12. The highest BCUT2D eigenvalue weighted by atomic mass is 32.1. The molecule has 0 radical (unpaired) electrons. The fourth-order valence-electron chi connectivity index (χ4n) is 2.13. The van der Waals surface area contributed by atoms with E-state index in [4.69, 9.17) is 4.52 Å². The van der Waals surface area contributed by atoms with E-state index < -0.39 is 0 Å². The molecular formula is C13H16N4OS. The largest absolute Gasteiger partial charge is 0.361 e. The number of fused-ring (bicyclic) bond motifs is 1. The van der Waals surface area contributed by atoms with Gasteiger partial charge in [0.25, 0.3) is 0 Å². The summed E-state index contributed by atoms with van der Waals surface area (Å²) in [6, 6.07) is 1.95. The topological polar surface area (TPSA) is 55.4 Å². The van der Waals surface area contributed by atoms with Crippen LogP contribution in [-0.2, 0) is 13.1 Å². The third kappa shape index (κ3) is 2.41. The third-order valence-corrected chi connectivity index (χ3v) is 3.91. The molecule has 0 fully saturated rings. The van der Waals surface area contributed by atoms with Gasteiger partial charge in [-0.05, 0) is 20.8 Å². The van der Waals surface area contributed by atoms with Crippen LogP contribution in [0.2, 0.25) is 0 Å². The molecule has 1 N–H and O–H groups in total. The molecule has 5 nitrogen and oxygen atoms in total. The van der Waals surface area contributed by atoms with E-state index in [0.29, 0.717) is 6.54 Å². The predicted octanol–water partition coefficient (Wildman–Crippen LogP) is 2.60. The Hall–Kier alpha value is -1.66. The molecule has 0 unspecified atom stereocenters. The molecule has 3 aromatic heterocycles. The van der Waals surface area contributed by atoms with Crippen LogP contribution in [0, 0.1) is 20.8 Å². The summed E-state index contributed by atoms with van der Waals surface area (Å²) in [5.41, 5.74) is 3.21. The number of imidazole rings is 1. The van der Waals surface area contributed by atoms with Gasteiger partial charge in [0.1, 0.15) is 5.76 Å². The van der Waals surface area contributed by atoms with E-state index in [2.05, 4.69) is 33.0 Å². The van der Waals surface area contributed by atoms with E-state index in [9.17, 15) is 0 Å². The second-order valence-electron chi connectivity index (χ2n) is 4.67. The predicted molar refractivity (Wildman–Crippen MR) is 74.3 cm³/mol. The first-order chi connectivity index (χ1) is 9.13. The summed E-state index contributed by atoms with van der Waals surface area (Å²) in [6.45, 7) is 7.52. The number of thiazole rings is 1. The molecule has 3 heterocycles. The van der Waals surface area contributed by atoms with Crippen LogP contribution in [0.4, 0.5) is 0 Å². The standard InChI is InChI=1S/C13H16N4OS/c1-8-4-11(16-18-8)5-14-6-12-10(3)15-13-17(12)7-9(2)19-13/h4,7,14H,5-6H2,1-3H3. The zero-order chi connectivity index (χ0) is 13.4. The SMILES string of the molecule is Cc1cc(CNCc2c(C)nc3sc(C)cn23)no1. The normalized spacial score (nSPS) is 11.5. The van der Waals surface area contributed by atoms with Crippen molar-refractivity contribution in [3.8, 4) is 0 Å². The number of aryl methyl sites for hydroxylation is 3. The molecule has 19 heavy (non-hydrogen) atoms. The summed E-state index contributed by atoms with van der Waals surface area (Å²) in [6.07, 6.45) is 2.14. The number of nitrogens with one attached hydrogen (secondary N) is 1. The highest BCUT2D eigenvalue weighted by Gasteiger charge is 2.10. The van der Waals surface area contributed by atoms with Crippen LogP contribution in [0.25, 0.3) is 4.96 Å². The highest BCUT2D eigenvalue weighted by molar-refractivity contribution is 7.17. The minimum Gasteiger partial charge on any atom is -0.361 e. The second kappa shape index (κ2) is 4.79. The summed E-state index contributed by atoms with van der Waals surface area (Å²) in [5.74, 6) is 0.841. The van der Waals surface area contributed by atoms with E-state index in [0.717, 1.165) is 28.7 Å². The van der Waals surface area contributed by atoms with Crippen LogP contribution in [0.15, 0.2) is 16.8 Å². The van der Waals surface area contributed by atoms with Crippen molar-refractivity contribution >= 4 is 16.3 Å². The first-order valence-electron chi connectivity index (χ1n) is 6.20. The van der Waals surface area contributed by atoms with Crippen molar-refractivity contribution in [1.82, 2.24) is 19.9 Å². The Balaban J connectivity index is 1.72. The van der Waals surface area contributed by atoms with Gasteiger partial charge in [0.15, 0.2) is 4.96 Å². The van der Waals surface area contributed by atoms with Gasteiger partial charge in [-0.2, -0.15) is 0 Å². The summed E-state index contributed by atoms with van der Waals surface area (Å²) < 4.78 is 7.21. The minimum absolute atomic E-state index is 0.702. The monoisotopic (exact) mass is 276 g/mol. The van der Waals surface area contributed by atoms with Gasteiger partial charge in [0.2, 0.25) is 0 Å². The first kappa shape index (κ1) is 12.4. The van der Waals surface area contributed by atoms with Gasteiger partial charge in [-0.1, -0.05) is 5.16 Å². The lowest BCUT2D eigenvalue weighted by atomic mass is 10.3. The average molecular weight is 276 g/mol. The number of hydrogen-bond acceptors (Lipinski definition) is 5. The Morgan fingerprint density at radius 2 is 2.16 bits per heavy atom. The van der Waals surface area contributed by atoms with Crippen LogP contribution < -0.4 is 5.32 Å². The molecule has 0 amide bonds. The molecule has 0 bridgehead atoms. The van der Waals surface area contributed by atoms with Crippen molar-refractivity contribution in [2.45, 2.75) is 33.9 Å². The summed E-state index contributed by atoms with van der Waals surface area (Å²) in [4.78, 5) is 6.90. The Morgan fingerprint density at radius 1 is 1.32 bits per heavy atom. The van der Waals surface area contributed by atoms with Crippen LogP contribution >= 0.6 is 11.3 Å². The van der Waals surface area contributed by atoms with Gasteiger partial charge < -0.3 is 9.84 Å². The van der Waals surface area contributed by atoms with Crippen LogP contribution in [-0.4, -0.2) is 14.5 Å². The van der Waals surface area contributed by atoms with Gasteiger partial charge in [0, 0.05) is 30.2 Å². The van der Waals surface area contributed by atoms with Gasteiger partial charge in [0.05, 0.1) is 17.1 Å². The fourth-order valence-corrected chi connectivity index (χ4v) is 3.02.